The fourth-order valence-corrected chi connectivity index (χ4v) is 3.76. The molecule has 164 valence electrons. The van der Waals surface area contributed by atoms with Crippen LogP contribution in [0.2, 0.25) is 0 Å². The third-order valence-electron chi connectivity index (χ3n) is 5.49. The summed E-state index contributed by atoms with van der Waals surface area (Å²) in [7, 11) is 0. The Bertz CT molecular complexity index is 918. The first kappa shape index (κ1) is 22.7. The zero-order chi connectivity index (χ0) is 22.4. The Morgan fingerprint density at radius 3 is 2.13 bits per heavy atom. The number of nitrogens with zero attached hydrogens (tertiary/aromatic N) is 2. The van der Waals surface area contributed by atoms with Crippen molar-refractivity contribution in [1.82, 2.24) is 10.2 Å². The van der Waals surface area contributed by atoms with Gasteiger partial charge in [-0.25, -0.2) is 0 Å². The molecule has 0 atom stereocenters. The van der Waals surface area contributed by atoms with Gasteiger partial charge in [0.2, 0.25) is 5.91 Å². The molecular formula is C24H30N4O2S. The van der Waals surface area contributed by atoms with E-state index in [1.54, 1.807) is 0 Å². The molecule has 0 spiro atoms. The third-order valence-corrected chi connectivity index (χ3v) is 5.70. The first-order chi connectivity index (χ1) is 14.9. The zero-order valence-electron chi connectivity index (χ0n) is 18.4. The fourth-order valence-electron chi connectivity index (χ4n) is 3.55. The smallest absolute Gasteiger partial charge is 0.257 e. The van der Waals surface area contributed by atoms with Crippen molar-refractivity contribution in [3.05, 3.63) is 59.7 Å². The lowest BCUT2D eigenvalue weighted by Gasteiger charge is -2.36. The highest BCUT2D eigenvalue weighted by atomic mass is 32.1. The maximum absolute atomic E-state index is 12.4. The molecule has 0 unspecified atom stereocenters. The Balaban J connectivity index is 1.51. The molecule has 0 bridgehead atoms. The highest BCUT2D eigenvalue weighted by Crippen LogP contribution is 2.20. The van der Waals surface area contributed by atoms with E-state index in [1.165, 1.54) is 5.56 Å². The van der Waals surface area contributed by atoms with Gasteiger partial charge in [0.05, 0.1) is 0 Å². The molecule has 0 aromatic heterocycles. The van der Waals surface area contributed by atoms with E-state index in [-0.39, 0.29) is 16.9 Å². The van der Waals surface area contributed by atoms with Crippen LogP contribution in [0.5, 0.6) is 0 Å². The second-order valence-electron chi connectivity index (χ2n) is 7.95. The molecular weight excluding hydrogens is 408 g/mol. The van der Waals surface area contributed by atoms with Gasteiger partial charge in [0.25, 0.3) is 5.91 Å². The summed E-state index contributed by atoms with van der Waals surface area (Å²) in [5, 5.41) is 6.05. The molecule has 1 aliphatic heterocycles. The van der Waals surface area contributed by atoms with Crippen LogP contribution in [-0.2, 0) is 4.79 Å². The second kappa shape index (κ2) is 10.4. The van der Waals surface area contributed by atoms with Gasteiger partial charge in [-0.15, -0.1) is 0 Å². The van der Waals surface area contributed by atoms with Gasteiger partial charge in [0, 0.05) is 49.5 Å². The number of hydrogen-bond acceptors (Lipinski definition) is 4. The van der Waals surface area contributed by atoms with Crippen LogP contribution >= 0.6 is 12.2 Å². The molecule has 1 heterocycles. The van der Waals surface area contributed by atoms with Crippen LogP contribution in [0.25, 0.3) is 0 Å². The molecule has 0 aliphatic carbocycles. The van der Waals surface area contributed by atoms with Gasteiger partial charge in [0.1, 0.15) is 0 Å². The molecule has 3 rings (SSSR count). The number of thiocarbonyl (C=S) groups is 1. The summed E-state index contributed by atoms with van der Waals surface area (Å²) < 4.78 is 0. The SMILES string of the molecule is CCC(=O)N1CCN(c2ccc(NC(=S)NC(=O)c3ccc(C(C)C)cc3)cc2)CC1. The monoisotopic (exact) mass is 438 g/mol. The van der Waals surface area contributed by atoms with Crippen molar-refractivity contribution in [2.75, 3.05) is 36.4 Å². The lowest BCUT2D eigenvalue weighted by Crippen LogP contribution is -2.48. The van der Waals surface area contributed by atoms with Crippen LogP contribution in [-0.4, -0.2) is 48.0 Å². The summed E-state index contributed by atoms with van der Waals surface area (Å²) in [5.41, 5.74) is 3.68. The van der Waals surface area contributed by atoms with Crippen LogP contribution in [0.15, 0.2) is 48.5 Å². The van der Waals surface area contributed by atoms with Gasteiger partial charge in [-0.05, 0) is 60.1 Å². The van der Waals surface area contributed by atoms with Crippen LogP contribution in [0.1, 0.15) is 49.0 Å². The normalized spacial score (nSPS) is 13.8. The van der Waals surface area contributed by atoms with Gasteiger partial charge < -0.3 is 15.1 Å². The molecule has 0 radical (unpaired) electrons. The van der Waals surface area contributed by atoms with Gasteiger partial charge in [0.15, 0.2) is 5.11 Å². The van der Waals surface area contributed by atoms with Crippen LogP contribution < -0.4 is 15.5 Å². The standard InChI is InChI=1S/C24H30N4O2S/c1-4-22(29)28-15-13-27(14-16-28)21-11-9-20(10-12-21)25-24(31)26-23(30)19-7-5-18(6-8-19)17(2)3/h5-12,17H,4,13-16H2,1-3H3,(H2,25,26,30,31). The molecule has 31 heavy (non-hydrogen) atoms. The minimum Gasteiger partial charge on any atom is -0.368 e. The van der Waals surface area contributed by atoms with E-state index in [2.05, 4.69) is 29.4 Å². The predicted molar refractivity (Wildman–Crippen MR) is 130 cm³/mol. The number of rotatable bonds is 5. The van der Waals surface area contributed by atoms with E-state index in [4.69, 9.17) is 12.2 Å². The number of carbonyl (C=O) groups is 2. The van der Waals surface area contributed by atoms with Crippen molar-refractivity contribution in [2.24, 2.45) is 0 Å². The lowest BCUT2D eigenvalue weighted by atomic mass is 10.0. The van der Waals surface area contributed by atoms with Crippen molar-refractivity contribution in [3.63, 3.8) is 0 Å². The molecule has 7 heteroatoms. The predicted octanol–water partition coefficient (Wildman–Crippen LogP) is 4.00. The molecule has 2 aromatic carbocycles. The fraction of sp³-hybridized carbons (Fsp3) is 0.375. The Kier molecular flexibility index (Phi) is 7.63. The molecule has 0 saturated carbocycles. The van der Waals surface area contributed by atoms with Gasteiger partial charge in [-0.3, -0.25) is 14.9 Å². The maximum atomic E-state index is 12.4. The topological polar surface area (TPSA) is 64.7 Å². The molecule has 1 fully saturated rings. The molecule has 2 amide bonds. The summed E-state index contributed by atoms with van der Waals surface area (Å²) >= 11 is 5.30. The molecule has 2 N–H and O–H groups in total. The van der Waals surface area contributed by atoms with Crippen LogP contribution in [0.3, 0.4) is 0 Å². The summed E-state index contributed by atoms with van der Waals surface area (Å²) in [6, 6.07) is 15.5. The van der Waals surface area contributed by atoms with E-state index in [0.29, 0.717) is 17.9 Å². The van der Waals surface area contributed by atoms with Crippen molar-refractivity contribution in [3.8, 4) is 0 Å². The quantitative estimate of drug-likeness (QED) is 0.691. The summed E-state index contributed by atoms with van der Waals surface area (Å²) in [4.78, 5) is 28.4. The largest absolute Gasteiger partial charge is 0.368 e. The van der Waals surface area contributed by atoms with Gasteiger partial charge >= 0.3 is 0 Å². The Morgan fingerprint density at radius 2 is 1.58 bits per heavy atom. The van der Waals surface area contributed by atoms with Gasteiger partial charge in [-0.1, -0.05) is 32.9 Å². The summed E-state index contributed by atoms with van der Waals surface area (Å²) in [5.74, 6) is 0.403. The number of hydrogen-bond donors (Lipinski definition) is 2. The first-order valence-electron chi connectivity index (χ1n) is 10.7. The van der Waals surface area contributed by atoms with E-state index >= 15 is 0 Å². The number of carbonyl (C=O) groups excluding carboxylic acids is 2. The van der Waals surface area contributed by atoms with E-state index in [0.717, 1.165) is 37.6 Å². The molecule has 1 aliphatic rings. The van der Waals surface area contributed by atoms with E-state index in [9.17, 15) is 9.59 Å². The van der Waals surface area contributed by atoms with Crippen LogP contribution in [0.4, 0.5) is 11.4 Å². The van der Waals surface area contributed by atoms with Crippen molar-refractivity contribution in [2.45, 2.75) is 33.1 Å². The third kappa shape index (κ3) is 6.04. The number of anilines is 2. The van der Waals surface area contributed by atoms with Crippen molar-refractivity contribution < 1.29 is 9.59 Å². The highest BCUT2D eigenvalue weighted by Gasteiger charge is 2.20. The van der Waals surface area contributed by atoms with Gasteiger partial charge in [-0.2, -0.15) is 0 Å². The number of piperazine rings is 1. The maximum Gasteiger partial charge on any atom is 0.257 e. The lowest BCUT2D eigenvalue weighted by molar-refractivity contribution is -0.131. The van der Waals surface area contributed by atoms with Crippen molar-refractivity contribution in [1.29, 1.82) is 0 Å². The Labute approximate surface area is 189 Å². The van der Waals surface area contributed by atoms with Crippen molar-refractivity contribution >= 4 is 40.5 Å². The zero-order valence-corrected chi connectivity index (χ0v) is 19.2. The minimum atomic E-state index is -0.232. The molecule has 6 nitrogen and oxygen atoms in total. The van der Waals surface area contributed by atoms with E-state index in [1.807, 2.05) is 60.4 Å². The average Bonchev–Trinajstić information content (AvgIpc) is 2.79. The molecule has 2 aromatic rings. The summed E-state index contributed by atoms with van der Waals surface area (Å²) in [6.45, 7) is 9.28. The number of nitrogens with one attached hydrogen (secondary N) is 2. The number of amides is 2. The summed E-state index contributed by atoms with van der Waals surface area (Å²) in [6.07, 6.45) is 0.556. The number of benzene rings is 2. The Hall–Kier alpha value is -2.93. The van der Waals surface area contributed by atoms with Crippen LogP contribution in [0, 0.1) is 0 Å². The second-order valence-corrected chi connectivity index (χ2v) is 8.36. The first-order valence-corrected chi connectivity index (χ1v) is 11.1. The van der Waals surface area contributed by atoms with E-state index < -0.39 is 0 Å². The average molecular weight is 439 g/mol. The Morgan fingerprint density at radius 1 is 0.968 bits per heavy atom. The highest BCUT2D eigenvalue weighted by molar-refractivity contribution is 7.80. The molecule has 1 saturated heterocycles. The minimum absolute atomic E-state index is 0.214.